The first-order valence-electron chi connectivity index (χ1n) is 37.5. The van der Waals surface area contributed by atoms with Crippen LogP contribution in [0.25, 0.3) is 0 Å². The van der Waals surface area contributed by atoms with Gasteiger partial charge in [-0.1, -0.05) is 189 Å². The molecule has 0 saturated carbocycles. The number of alkyl halides is 1. The van der Waals surface area contributed by atoms with Crippen molar-refractivity contribution in [2.45, 2.75) is 183 Å². The summed E-state index contributed by atoms with van der Waals surface area (Å²) in [6, 6.07) is 39.4. The monoisotopic (exact) mass is 1670 g/mol. The molecule has 6 aromatic rings. The number of hydrogen-bond donors (Lipinski definition) is 1. The molecule has 0 spiro atoms. The molecule has 0 aliphatic heterocycles. The number of allylic oxidation sites excluding steroid dienone is 8. The Kier molecular flexibility index (Phi) is 55.1. The Morgan fingerprint density at radius 1 is 0.330 bits per heavy atom. The average molecular weight is 1680 g/mol. The maximum Gasteiger partial charge on any atom is 0.500 e. The summed E-state index contributed by atoms with van der Waals surface area (Å²) in [7, 11) is -5.18. The Morgan fingerprint density at radius 3 is 0.811 bits per heavy atom. The predicted molar refractivity (Wildman–Crippen MR) is 462 cm³/mol. The van der Waals surface area contributed by atoms with E-state index in [4.69, 9.17) is 41.1 Å². The van der Waals surface area contributed by atoms with Crippen molar-refractivity contribution in [3.05, 3.63) is 308 Å². The van der Waals surface area contributed by atoms with Crippen molar-refractivity contribution in [2.24, 2.45) is 0 Å². The molecule has 580 valence electrons. The molecule has 0 aliphatic carbocycles. The summed E-state index contributed by atoms with van der Waals surface area (Å²) in [4.78, 5) is 23.0. The zero-order chi connectivity index (χ0) is 79.0. The summed E-state index contributed by atoms with van der Waals surface area (Å²) in [6.07, 6.45) is 28.2. The molecule has 11 nitrogen and oxygen atoms in total. The Labute approximate surface area is 667 Å². The summed E-state index contributed by atoms with van der Waals surface area (Å²) in [6.45, 7) is 54.5. The van der Waals surface area contributed by atoms with Crippen molar-refractivity contribution in [1.82, 2.24) is 0 Å². The van der Waals surface area contributed by atoms with E-state index in [1.165, 1.54) is 61.2 Å². The third kappa shape index (κ3) is 40.8. The second kappa shape index (κ2) is 59.7. The summed E-state index contributed by atoms with van der Waals surface area (Å²) in [5.41, 5.74) is 18.9. The van der Waals surface area contributed by atoms with Gasteiger partial charge in [-0.2, -0.15) is 0 Å². The van der Waals surface area contributed by atoms with Gasteiger partial charge in [0.15, 0.2) is 0 Å². The number of ether oxygens (including phenoxy) is 2. The molecule has 16 heteroatoms. The number of hydrogen-bond acceptors (Lipinski definition) is 11. The van der Waals surface area contributed by atoms with Crippen LogP contribution in [0.3, 0.4) is 0 Å². The van der Waals surface area contributed by atoms with E-state index in [1.54, 1.807) is 26.0 Å². The van der Waals surface area contributed by atoms with E-state index < -0.39 is 17.6 Å². The number of carbonyl (C=O) groups excluding carboxylic acids is 2. The molecule has 0 bridgehead atoms. The van der Waals surface area contributed by atoms with Crippen LogP contribution in [0.4, 0.5) is 0 Å². The molecule has 6 aromatic carbocycles. The van der Waals surface area contributed by atoms with Crippen LogP contribution in [0.2, 0.25) is 12.1 Å². The van der Waals surface area contributed by atoms with Crippen molar-refractivity contribution in [3.8, 4) is 0 Å². The fourth-order valence-electron chi connectivity index (χ4n) is 11.5. The Bertz CT molecular complexity index is 3190. The van der Waals surface area contributed by atoms with Gasteiger partial charge in [-0.15, -0.1) is 52.6 Å². The summed E-state index contributed by atoms with van der Waals surface area (Å²) < 4.78 is 47.7. The summed E-state index contributed by atoms with van der Waals surface area (Å²) >= 11 is 10.1. The first-order chi connectivity index (χ1) is 51.2. The number of rotatable bonds is 44. The normalized spacial score (nSPS) is 10.6. The summed E-state index contributed by atoms with van der Waals surface area (Å²) in [5.74, 6) is -0.576. The second-order valence-electron chi connectivity index (χ2n) is 24.4. The van der Waals surface area contributed by atoms with Gasteiger partial charge >= 0.3 is 29.5 Å². The van der Waals surface area contributed by atoms with E-state index in [9.17, 15) is 9.59 Å². The minimum Gasteiger partial charge on any atom is -0.462 e. The van der Waals surface area contributed by atoms with Crippen LogP contribution in [0, 0.1) is 0 Å². The molecule has 0 aliphatic rings. The van der Waals surface area contributed by atoms with E-state index >= 15 is 0 Å². The van der Waals surface area contributed by atoms with E-state index in [0.29, 0.717) is 64.0 Å². The van der Waals surface area contributed by atoms with E-state index in [-0.39, 0.29) is 18.5 Å². The molecule has 0 saturated heterocycles. The van der Waals surface area contributed by atoms with Crippen molar-refractivity contribution in [1.29, 1.82) is 0 Å². The predicted octanol–water partition coefficient (Wildman–Crippen LogP) is 23.3. The molecule has 1 N–H and O–H groups in total. The van der Waals surface area contributed by atoms with E-state index in [0.717, 1.165) is 133 Å². The number of carbonyl (C=O) groups is 2. The molecule has 0 fully saturated rings. The fraction of sp³-hybridized carbons (Fsp3) is 0.400. The molecule has 0 atom stereocenters. The van der Waals surface area contributed by atoms with Crippen LogP contribution in [0.5, 0.6) is 0 Å². The highest BCUT2D eigenvalue weighted by Gasteiger charge is 2.40. The smallest absolute Gasteiger partial charge is 0.462 e. The highest BCUT2D eigenvalue weighted by atomic mass is 79.9. The number of aliphatic hydroxyl groups is 1. The molecular formula is C90H125Br3O11Si2. The fourth-order valence-corrected chi connectivity index (χ4v) is 18.3. The van der Waals surface area contributed by atoms with Crippen LogP contribution in [0.15, 0.2) is 219 Å². The lowest BCUT2D eigenvalue weighted by Crippen LogP contribution is -2.46. The first-order valence-corrected chi connectivity index (χ1v) is 44.0. The zero-order valence-electron chi connectivity index (χ0n) is 65.7. The number of benzene rings is 6. The molecule has 0 heterocycles. The Balaban J connectivity index is 0.000000668. The zero-order valence-corrected chi connectivity index (χ0v) is 72.5. The van der Waals surface area contributed by atoms with E-state index in [1.807, 2.05) is 120 Å². The number of esters is 2. The maximum atomic E-state index is 11.7. The molecule has 0 aromatic heterocycles. The van der Waals surface area contributed by atoms with Crippen LogP contribution >= 0.6 is 47.8 Å². The quantitative estimate of drug-likeness (QED) is 0.0170. The third-order valence-corrected chi connectivity index (χ3v) is 23.5. The third-order valence-electron chi connectivity index (χ3n) is 15.7. The van der Waals surface area contributed by atoms with Crippen molar-refractivity contribution in [3.63, 3.8) is 0 Å². The number of aliphatic hydroxyl groups excluding tert-OH is 1. The van der Waals surface area contributed by atoms with Crippen LogP contribution in [0.1, 0.15) is 181 Å². The standard InChI is InChI=1S/C26H50O6Si2.C15H18O2.C14H18.C13H15Br.C13H16O.C9H8Br2O2/c1-8-24-21-25(17-15-19-33(27-9-2,28-10-3)29-11-4)23-26(22-24)18-16-20-34(30-12-5,31-13-6)32-14-7;1-4-7-12-9-13(8-5-2)11-14(10-12)15(16)17-6-3;1-4-7-13-9-12(6-3)10-14(11-13)8-5-2;2*1-3-5-11-7-12(6-4-2)9-13(8-11)10-14;1-2-13-9(12)6-3-7(10)5-8(11)4-6/h21-23H,8-20H2,1-7H3;4-5,9-11H,1-2,6-8H2,3H3;4-5,9-11H,1-2,6-8H2,3H3;3-4,7-9H,1-2,5-6,10H2;3-4,7-9,14H,1-2,5-6,10H2;3-5H,2H2,1H3. The van der Waals surface area contributed by atoms with Crippen molar-refractivity contribution < 1.29 is 50.7 Å². The Hall–Kier alpha value is -6.23. The maximum absolute atomic E-state index is 11.7. The minimum atomic E-state index is -2.59. The van der Waals surface area contributed by atoms with Crippen LogP contribution in [-0.4, -0.2) is 87.5 Å². The second-order valence-corrected chi connectivity index (χ2v) is 32.2. The lowest BCUT2D eigenvalue weighted by molar-refractivity contribution is 0.0516. The number of halogens is 3. The van der Waals surface area contributed by atoms with Gasteiger partial charge in [0.05, 0.1) is 30.9 Å². The summed E-state index contributed by atoms with van der Waals surface area (Å²) in [5, 5.41) is 9.98. The molecule has 6 rings (SSSR count). The molecule has 0 radical (unpaired) electrons. The largest absolute Gasteiger partial charge is 0.500 e. The molecule has 0 unspecified atom stereocenters. The minimum absolute atomic E-state index is 0.0924. The topological polar surface area (TPSA) is 128 Å². The van der Waals surface area contributed by atoms with Crippen LogP contribution < -0.4 is 0 Å². The van der Waals surface area contributed by atoms with Gasteiger partial charge in [0.2, 0.25) is 0 Å². The average Bonchev–Trinajstić information content (AvgIpc) is 0.851. The van der Waals surface area contributed by atoms with Gasteiger partial charge in [-0.05, 0) is 254 Å². The highest BCUT2D eigenvalue weighted by Crippen LogP contribution is 2.26. The van der Waals surface area contributed by atoms with Crippen molar-refractivity contribution in [2.75, 3.05) is 52.9 Å². The SMILES string of the molecule is C=CCc1cc(CBr)cc(CC=C)c1.C=CCc1cc(CC)cc(CC=C)c1.C=CCc1cc(CC=C)cc(C(=O)OCC)c1.C=CCc1cc(CO)cc(CC=C)c1.CCOC(=O)c1cc(Br)cc(Br)c1.CCO[Si](CCCc1cc(CC)cc(CCC[Si](OCC)(OCC)OCC)c1)(OCC)OCC. The molecule has 0 amide bonds. The van der Waals surface area contributed by atoms with Gasteiger partial charge in [0.1, 0.15) is 0 Å². The van der Waals surface area contributed by atoms with E-state index in [2.05, 4.69) is 181 Å². The van der Waals surface area contributed by atoms with Gasteiger partial charge in [0.25, 0.3) is 0 Å². The first kappa shape index (κ1) is 97.8. The van der Waals surface area contributed by atoms with Gasteiger partial charge in [-0.25, -0.2) is 9.59 Å². The molecule has 106 heavy (non-hydrogen) atoms. The van der Waals surface area contributed by atoms with Gasteiger partial charge in [0, 0.05) is 66.0 Å². The van der Waals surface area contributed by atoms with Gasteiger partial charge < -0.3 is 41.1 Å². The van der Waals surface area contributed by atoms with Crippen molar-refractivity contribution >= 4 is 77.3 Å². The lowest BCUT2D eigenvalue weighted by atomic mass is 9.99. The van der Waals surface area contributed by atoms with Gasteiger partial charge in [-0.3, -0.25) is 0 Å². The van der Waals surface area contributed by atoms with Crippen LogP contribution in [-0.2, 0) is 125 Å². The number of aryl methyl sites for hydroxylation is 4. The highest BCUT2D eigenvalue weighted by molar-refractivity contribution is 9.11. The Morgan fingerprint density at radius 2 is 0.566 bits per heavy atom. The lowest BCUT2D eigenvalue weighted by Gasteiger charge is -2.28. The molecular weight excluding hydrogens is 1550 g/mol.